The predicted molar refractivity (Wildman–Crippen MR) is 47.2 cm³/mol. The second kappa shape index (κ2) is 2.77. The molecular formula is C7H9NOS2. The fraction of sp³-hybridized carbons (Fsp3) is 0.571. The topological polar surface area (TPSA) is 25.4 Å². The minimum Gasteiger partial charge on any atom is -0.369 e. The Morgan fingerprint density at radius 3 is 3.27 bits per heavy atom. The molecule has 0 saturated carbocycles. The van der Waals surface area contributed by atoms with Gasteiger partial charge in [0.1, 0.15) is 4.34 Å². The zero-order valence-corrected chi connectivity index (χ0v) is 7.87. The molecule has 0 aliphatic carbocycles. The van der Waals surface area contributed by atoms with Crippen molar-refractivity contribution in [1.29, 1.82) is 0 Å². The molecule has 4 heteroatoms. The summed E-state index contributed by atoms with van der Waals surface area (Å²) < 4.78 is 6.39. The minimum atomic E-state index is 0.149. The van der Waals surface area contributed by atoms with E-state index in [1.165, 1.54) is 0 Å². The molecule has 2 nitrogen and oxygen atoms in total. The Morgan fingerprint density at radius 2 is 2.73 bits per heavy atom. The number of ether oxygens (including phenoxy) is 1. The molecular weight excluding hydrogens is 178 g/mol. The van der Waals surface area contributed by atoms with Crippen LogP contribution in [0, 0.1) is 0 Å². The maximum atomic E-state index is 5.25. The number of thioether (sulfide) groups is 1. The van der Waals surface area contributed by atoms with Gasteiger partial charge in [0.2, 0.25) is 0 Å². The highest BCUT2D eigenvalue weighted by Crippen LogP contribution is 2.33. The van der Waals surface area contributed by atoms with Crippen LogP contribution >= 0.6 is 23.1 Å². The fourth-order valence-corrected chi connectivity index (χ4v) is 2.41. The number of hydrogen-bond acceptors (Lipinski definition) is 4. The Labute approximate surface area is 74.0 Å². The van der Waals surface area contributed by atoms with Gasteiger partial charge >= 0.3 is 0 Å². The predicted octanol–water partition coefficient (Wildman–Crippen LogP) is 2.02. The van der Waals surface area contributed by atoms with Gasteiger partial charge in [-0.1, -0.05) is 11.8 Å². The van der Waals surface area contributed by atoms with Gasteiger partial charge in [0.05, 0.1) is 12.2 Å². The molecule has 0 aromatic carbocycles. The number of nitrogens with zero attached hydrogens (tertiary/aromatic N) is 1. The number of epoxide rings is 1. The van der Waals surface area contributed by atoms with Gasteiger partial charge in [0, 0.05) is 17.3 Å². The van der Waals surface area contributed by atoms with Crippen LogP contribution < -0.4 is 0 Å². The maximum absolute atomic E-state index is 5.25. The number of rotatable bonds is 3. The molecule has 2 heterocycles. The standard InChI is InChI=1S/C7H9NOS2/c1-7(4-9-7)5-11-6-8-2-3-10-6/h2-3H,4-5H2,1H3. The van der Waals surface area contributed by atoms with Gasteiger partial charge in [-0.25, -0.2) is 4.98 Å². The average molecular weight is 187 g/mol. The monoisotopic (exact) mass is 187 g/mol. The minimum absolute atomic E-state index is 0.149. The summed E-state index contributed by atoms with van der Waals surface area (Å²) in [6.07, 6.45) is 1.84. The van der Waals surface area contributed by atoms with Crippen molar-refractivity contribution in [2.75, 3.05) is 12.4 Å². The molecule has 1 unspecified atom stereocenters. The Balaban J connectivity index is 1.83. The highest BCUT2D eigenvalue weighted by molar-refractivity contribution is 8.01. The van der Waals surface area contributed by atoms with E-state index < -0.39 is 0 Å². The van der Waals surface area contributed by atoms with E-state index in [1.807, 2.05) is 11.6 Å². The molecule has 1 fully saturated rings. The average Bonchev–Trinajstić information content (AvgIpc) is 2.53. The first-order valence-electron chi connectivity index (χ1n) is 3.45. The smallest absolute Gasteiger partial charge is 0.149 e. The molecule has 1 aromatic heterocycles. The maximum Gasteiger partial charge on any atom is 0.149 e. The second-order valence-electron chi connectivity index (χ2n) is 2.83. The summed E-state index contributed by atoms with van der Waals surface area (Å²) >= 11 is 3.47. The van der Waals surface area contributed by atoms with E-state index in [0.717, 1.165) is 16.7 Å². The third-order valence-electron chi connectivity index (χ3n) is 1.55. The lowest BCUT2D eigenvalue weighted by atomic mass is 10.3. The van der Waals surface area contributed by atoms with E-state index in [0.29, 0.717) is 0 Å². The van der Waals surface area contributed by atoms with Gasteiger partial charge in [0.15, 0.2) is 0 Å². The molecule has 60 valence electrons. The molecule has 0 radical (unpaired) electrons. The third-order valence-corrected chi connectivity index (χ3v) is 3.86. The van der Waals surface area contributed by atoms with Gasteiger partial charge in [-0.3, -0.25) is 0 Å². The summed E-state index contributed by atoms with van der Waals surface area (Å²) in [7, 11) is 0. The number of thiazole rings is 1. The van der Waals surface area contributed by atoms with E-state index in [2.05, 4.69) is 11.9 Å². The van der Waals surface area contributed by atoms with E-state index >= 15 is 0 Å². The molecule has 1 atom stereocenters. The van der Waals surface area contributed by atoms with Gasteiger partial charge in [-0.2, -0.15) is 0 Å². The van der Waals surface area contributed by atoms with Crippen molar-refractivity contribution < 1.29 is 4.74 Å². The molecule has 1 aromatic rings. The first-order valence-corrected chi connectivity index (χ1v) is 5.31. The van der Waals surface area contributed by atoms with Crippen LogP contribution in [0.3, 0.4) is 0 Å². The lowest BCUT2D eigenvalue weighted by Gasteiger charge is -2.00. The van der Waals surface area contributed by atoms with E-state index in [1.54, 1.807) is 23.1 Å². The summed E-state index contributed by atoms with van der Waals surface area (Å²) in [4.78, 5) is 4.17. The summed E-state index contributed by atoms with van der Waals surface area (Å²) in [5, 5.41) is 2.00. The molecule has 1 saturated heterocycles. The summed E-state index contributed by atoms with van der Waals surface area (Å²) in [5.41, 5.74) is 0.149. The fourth-order valence-electron chi connectivity index (χ4n) is 0.703. The van der Waals surface area contributed by atoms with Gasteiger partial charge < -0.3 is 4.74 Å². The summed E-state index contributed by atoms with van der Waals surface area (Å²) in [5.74, 6) is 1.03. The zero-order chi connectivity index (χ0) is 7.73. The van der Waals surface area contributed by atoms with Crippen LogP contribution in [-0.4, -0.2) is 22.9 Å². The van der Waals surface area contributed by atoms with Crippen molar-refractivity contribution in [3.8, 4) is 0 Å². The van der Waals surface area contributed by atoms with Crippen LogP contribution in [0.4, 0.5) is 0 Å². The van der Waals surface area contributed by atoms with Crippen molar-refractivity contribution in [3.05, 3.63) is 11.6 Å². The van der Waals surface area contributed by atoms with E-state index in [4.69, 9.17) is 4.74 Å². The van der Waals surface area contributed by atoms with Gasteiger partial charge in [-0.05, 0) is 6.92 Å². The Kier molecular flexibility index (Phi) is 1.91. The molecule has 11 heavy (non-hydrogen) atoms. The zero-order valence-electron chi connectivity index (χ0n) is 6.24. The molecule has 1 aliphatic rings. The van der Waals surface area contributed by atoms with Crippen molar-refractivity contribution in [3.63, 3.8) is 0 Å². The van der Waals surface area contributed by atoms with Crippen LogP contribution in [0.15, 0.2) is 15.9 Å². The number of hydrogen-bond donors (Lipinski definition) is 0. The molecule has 0 N–H and O–H groups in total. The van der Waals surface area contributed by atoms with Crippen LogP contribution in [0.1, 0.15) is 6.92 Å². The molecule has 0 bridgehead atoms. The quantitative estimate of drug-likeness (QED) is 0.535. The SMILES string of the molecule is CC1(CSc2nccs2)CO1. The third kappa shape index (κ3) is 1.95. The molecule has 0 amide bonds. The van der Waals surface area contributed by atoms with Crippen LogP contribution in [0.2, 0.25) is 0 Å². The van der Waals surface area contributed by atoms with Gasteiger partial charge in [-0.15, -0.1) is 11.3 Å². The first kappa shape index (κ1) is 7.58. The largest absolute Gasteiger partial charge is 0.369 e. The van der Waals surface area contributed by atoms with Crippen LogP contribution in [-0.2, 0) is 4.74 Å². The Bertz CT molecular complexity index is 231. The highest BCUT2D eigenvalue weighted by atomic mass is 32.2. The second-order valence-corrected chi connectivity index (χ2v) is 4.94. The van der Waals surface area contributed by atoms with E-state index in [-0.39, 0.29) is 5.60 Å². The Hall–Kier alpha value is -0.0600. The normalized spacial score (nSPS) is 28.8. The lowest BCUT2D eigenvalue weighted by Crippen LogP contribution is -2.07. The molecule has 2 rings (SSSR count). The lowest BCUT2D eigenvalue weighted by molar-refractivity contribution is 0.348. The molecule has 1 aliphatic heterocycles. The van der Waals surface area contributed by atoms with Crippen molar-refractivity contribution >= 4 is 23.1 Å². The summed E-state index contributed by atoms with van der Waals surface area (Å²) in [6, 6.07) is 0. The number of aromatic nitrogens is 1. The van der Waals surface area contributed by atoms with Crippen LogP contribution in [0.25, 0.3) is 0 Å². The van der Waals surface area contributed by atoms with Crippen molar-refractivity contribution in [2.24, 2.45) is 0 Å². The Morgan fingerprint density at radius 1 is 1.91 bits per heavy atom. The van der Waals surface area contributed by atoms with Crippen molar-refractivity contribution in [1.82, 2.24) is 4.98 Å². The summed E-state index contributed by atoms with van der Waals surface area (Å²) in [6.45, 7) is 3.04. The van der Waals surface area contributed by atoms with Gasteiger partial charge in [0.25, 0.3) is 0 Å². The van der Waals surface area contributed by atoms with Crippen LogP contribution in [0.5, 0.6) is 0 Å². The van der Waals surface area contributed by atoms with Crippen molar-refractivity contribution in [2.45, 2.75) is 16.9 Å². The molecule has 0 spiro atoms. The van der Waals surface area contributed by atoms with E-state index in [9.17, 15) is 0 Å². The first-order chi connectivity index (χ1) is 5.29. The highest BCUT2D eigenvalue weighted by Gasteiger charge is 2.39.